The van der Waals surface area contributed by atoms with Crippen LogP contribution in [0.4, 0.5) is 4.79 Å². The third-order valence-corrected chi connectivity index (χ3v) is 2.45. The Morgan fingerprint density at radius 2 is 2.07 bits per heavy atom. The summed E-state index contributed by atoms with van der Waals surface area (Å²) < 4.78 is 5.12. The van der Waals surface area contributed by atoms with E-state index in [0.717, 1.165) is 18.9 Å². The van der Waals surface area contributed by atoms with Crippen LogP contribution in [0.2, 0.25) is 0 Å². The first-order valence-corrected chi connectivity index (χ1v) is 5.44. The highest BCUT2D eigenvalue weighted by molar-refractivity contribution is 5.67. The summed E-state index contributed by atoms with van der Waals surface area (Å²) in [6.45, 7) is 6.37. The lowest BCUT2D eigenvalue weighted by Crippen LogP contribution is -2.34. The Morgan fingerprint density at radius 3 is 2.50 bits per heavy atom. The molecular weight excluding hydrogens is 178 g/mol. The second-order valence-corrected chi connectivity index (χ2v) is 5.01. The number of ether oxygens (including phenoxy) is 1. The Kier molecular flexibility index (Phi) is 3.78. The van der Waals surface area contributed by atoms with E-state index < -0.39 is 0 Å². The Bertz CT molecular complexity index is 192. The van der Waals surface area contributed by atoms with Crippen LogP contribution in [0.3, 0.4) is 0 Å². The standard InChI is InChI=1S/C11H21NO2/c1-11(2,3)14-10(13)12-8-7-9-5-4-6-9/h9H,4-8H2,1-3H3,(H,12,13). The van der Waals surface area contributed by atoms with Gasteiger partial charge in [-0.25, -0.2) is 4.79 Å². The summed E-state index contributed by atoms with van der Waals surface area (Å²) in [7, 11) is 0. The number of carbonyl (C=O) groups is 1. The van der Waals surface area contributed by atoms with Crippen LogP contribution in [0.15, 0.2) is 0 Å². The molecule has 82 valence electrons. The number of alkyl carbamates (subject to hydrolysis) is 1. The molecule has 3 nitrogen and oxygen atoms in total. The molecular formula is C11H21NO2. The van der Waals surface area contributed by atoms with E-state index in [2.05, 4.69) is 5.32 Å². The second kappa shape index (κ2) is 4.67. The molecule has 0 saturated heterocycles. The maximum atomic E-state index is 11.2. The van der Waals surface area contributed by atoms with Gasteiger partial charge in [-0.1, -0.05) is 19.3 Å². The van der Waals surface area contributed by atoms with Crippen LogP contribution in [0.5, 0.6) is 0 Å². The SMILES string of the molecule is CC(C)(C)OC(=O)NCCC1CCC1. The van der Waals surface area contributed by atoms with E-state index in [1.165, 1.54) is 19.3 Å². The summed E-state index contributed by atoms with van der Waals surface area (Å²) in [5, 5.41) is 2.78. The van der Waals surface area contributed by atoms with Gasteiger partial charge in [0.15, 0.2) is 0 Å². The van der Waals surface area contributed by atoms with Gasteiger partial charge < -0.3 is 10.1 Å². The highest BCUT2D eigenvalue weighted by atomic mass is 16.6. The predicted molar refractivity (Wildman–Crippen MR) is 56.2 cm³/mol. The Balaban J connectivity index is 2.02. The minimum absolute atomic E-state index is 0.295. The van der Waals surface area contributed by atoms with Crippen LogP contribution in [-0.2, 0) is 4.74 Å². The molecule has 0 atom stereocenters. The first-order chi connectivity index (χ1) is 6.47. The van der Waals surface area contributed by atoms with Gasteiger partial charge in [0.25, 0.3) is 0 Å². The van der Waals surface area contributed by atoms with Crippen molar-refractivity contribution in [1.82, 2.24) is 5.32 Å². The normalized spacial score (nSPS) is 17.4. The Hall–Kier alpha value is -0.730. The molecule has 0 heterocycles. The molecule has 14 heavy (non-hydrogen) atoms. The number of carbonyl (C=O) groups excluding carboxylic acids is 1. The average molecular weight is 199 g/mol. The molecule has 0 aromatic carbocycles. The smallest absolute Gasteiger partial charge is 0.407 e. The lowest BCUT2D eigenvalue weighted by atomic mass is 9.83. The minimum atomic E-state index is -0.388. The van der Waals surface area contributed by atoms with Crippen molar-refractivity contribution < 1.29 is 9.53 Å². The summed E-state index contributed by atoms with van der Waals surface area (Å²) >= 11 is 0. The highest BCUT2D eigenvalue weighted by Crippen LogP contribution is 2.28. The molecule has 0 aliphatic heterocycles. The predicted octanol–water partition coefficient (Wildman–Crippen LogP) is 2.70. The van der Waals surface area contributed by atoms with Gasteiger partial charge in [-0.05, 0) is 33.1 Å². The number of nitrogens with one attached hydrogen (secondary N) is 1. The van der Waals surface area contributed by atoms with Gasteiger partial charge in [0.1, 0.15) is 5.60 Å². The van der Waals surface area contributed by atoms with Crippen LogP contribution in [0, 0.1) is 5.92 Å². The number of rotatable bonds is 3. The lowest BCUT2D eigenvalue weighted by Gasteiger charge is -2.25. The topological polar surface area (TPSA) is 38.3 Å². The molecule has 0 aromatic rings. The zero-order chi connectivity index (χ0) is 10.6. The Morgan fingerprint density at radius 1 is 1.43 bits per heavy atom. The van der Waals surface area contributed by atoms with Gasteiger partial charge in [0.05, 0.1) is 0 Å². The van der Waals surface area contributed by atoms with E-state index in [1.807, 2.05) is 20.8 Å². The van der Waals surface area contributed by atoms with Crippen molar-refractivity contribution in [3.05, 3.63) is 0 Å². The fraction of sp³-hybridized carbons (Fsp3) is 0.909. The van der Waals surface area contributed by atoms with Crippen molar-refractivity contribution >= 4 is 6.09 Å². The van der Waals surface area contributed by atoms with Crippen molar-refractivity contribution in [2.45, 2.75) is 52.1 Å². The van der Waals surface area contributed by atoms with Crippen molar-refractivity contribution in [3.8, 4) is 0 Å². The van der Waals surface area contributed by atoms with Gasteiger partial charge >= 0.3 is 6.09 Å². The zero-order valence-corrected chi connectivity index (χ0v) is 9.43. The third kappa shape index (κ3) is 4.49. The van der Waals surface area contributed by atoms with Crippen molar-refractivity contribution in [1.29, 1.82) is 0 Å². The van der Waals surface area contributed by atoms with Crippen LogP contribution in [0.1, 0.15) is 46.5 Å². The van der Waals surface area contributed by atoms with Crippen LogP contribution in [0.25, 0.3) is 0 Å². The monoisotopic (exact) mass is 199 g/mol. The quantitative estimate of drug-likeness (QED) is 0.759. The zero-order valence-electron chi connectivity index (χ0n) is 9.43. The molecule has 1 rings (SSSR count). The number of hydrogen-bond donors (Lipinski definition) is 1. The van der Waals surface area contributed by atoms with Crippen molar-refractivity contribution in [3.63, 3.8) is 0 Å². The number of hydrogen-bond acceptors (Lipinski definition) is 2. The van der Waals surface area contributed by atoms with Gasteiger partial charge in [0, 0.05) is 6.54 Å². The van der Waals surface area contributed by atoms with E-state index in [0.29, 0.717) is 0 Å². The maximum absolute atomic E-state index is 11.2. The summed E-state index contributed by atoms with van der Waals surface area (Å²) in [6.07, 6.45) is 4.82. The van der Waals surface area contributed by atoms with Crippen LogP contribution >= 0.6 is 0 Å². The van der Waals surface area contributed by atoms with Crippen molar-refractivity contribution in [2.24, 2.45) is 5.92 Å². The van der Waals surface area contributed by atoms with E-state index in [1.54, 1.807) is 0 Å². The fourth-order valence-electron chi connectivity index (χ4n) is 1.47. The van der Waals surface area contributed by atoms with Gasteiger partial charge in [-0.3, -0.25) is 0 Å². The van der Waals surface area contributed by atoms with E-state index in [4.69, 9.17) is 4.74 Å². The maximum Gasteiger partial charge on any atom is 0.407 e. The van der Waals surface area contributed by atoms with Gasteiger partial charge in [-0.2, -0.15) is 0 Å². The van der Waals surface area contributed by atoms with E-state index in [9.17, 15) is 4.79 Å². The van der Waals surface area contributed by atoms with Crippen molar-refractivity contribution in [2.75, 3.05) is 6.54 Å². The minimum Gasteiger partial charge on any atom is -0.444 e. The molecule has 3 heteroatoms. The summed E-state index contributed by atoms with van der Waals surface area (Å²) in [4.78, 5) is 11.2. The molecule has 1 fully saturated rings. The van der Waals surface area contributed by atoms with Crippen LogP contribution < -0.4 is 5.32 Å². The second-order valence-electron chi connectivity index (χ2n) is 5.01. The first kappa shape index (κ1) is 11.3. The Labute approximate surface area is 86.2 Å². The van der Waals surface area contributed by atoms with E-state index >= 15 is 0 Å². The molecule has 1 aliphatic carbocycles. The molecule has 1 aliphatic rings. The molecule has 1 saturated carbocycles. The molecule has 1 amide bonds. The molecule has 0 bridgehead atoms. The molecule has 0 spiro atoms. The number of amides is 1. The fourth-order valence-corrected chi connectivity index (χ4v) is 1.47. The van der Waals surface area contributed by atoms with Crippen LogP contribution in [-0.4, -0.2) is 18.2 Å². The van der Waals surface area contributed by atoms with Gasteiger partial charge in [0.2, 0.25) is 0 Å². The molecule has 0 unspecified atom stereocenters. The third-order valence-electron chi connectivity index (χ3n) is 2.45. The largest absolute Gasteiger partial charge is 0.444 e. The highest BCUT2D eigenvalue weighted by Gasteiger charge is 2.18. The summed E-state index contributed by atoms with van der Waals surface area (Å²) in [6, 6.07) is 0. The molecule has 0 radical (unpaired) electrons. The molecule has 1 N–H and O–H groups in total. The molecule has 0 aromatic heterocycles. The summed E-state index contributed by atoms with van der Waals surface area (Å²) in [5.41, 5.74) is -0.388. The first-order valence-electron chi connectivity index (χ1n) is 5.44. The van der Waals surface area contributed by atoms with E-state index in [-0.39, 0.29) is 11.7 Å². The van der Waals surface area contributed by atoms with Gasteiger partial charge in [-0.15, -0.1) is 0 Å². The lowest BCUT2D eigenvalue weighted by molar-refractivity contribution is 0.0522. The summed E-state index contributed by atoms with van der Waals surface area (Å²) in [5.74, 6) is 0.838. The average Bonchev–Trinajstić information content (AvgIpc) is 1.90.